The molecule has 0 saturated carbocycles. The Kier molecular flexibility index (Phi) is 7.60. The normalized spacial score (nSPS) is 12.6. The van der Waals surface area contributed by atoms with Crippen LogP contribution in [0.5, 0.6) is 5.75 Å². The summed E-state index contributed by atoms with van der Waals surface area (Å²) >= 11 is 0. The van der Waals surface area contributed by atoms with Crippen molar-refractivity contribution >= 4 is 15.9 Å². The molecule has 0 aromatic heterocycles. The summed E-state index contributed by atoms with van der Waals surface area (Å²) in [6.07, 6.45) is -0.617. The highest BCUT2D eigenvalue weighted by Gasteiger charge is 2.15. The lowest BCUT2D eigenvalue weighted by Gasteiger charge is -2.15. The van der Waals surface area contributed by atoms with Gasteiger partial charge in [0, 0.05) is 12.6 Å². The third-order valence-electron chi connectivity index (χ3n) is 3.93. The molecule has 6 nitrogen and oxygen atoms in total. The van der Waals surface area contributed by atoms with Crippen LogP contribution in [0.2, 0.25) is 0 Å². The summed E-state index contributed by atoms with van der Waals surface area (Å²) in [4.78, 5) is 12.2. The van der Waals surface area contributed by atoms with Gasteiger partial charge in [-0.1, -0.05) is 36.4 Å². The summed E-state index contributed by atoms with van der Waals surface area (Å²) < 4.78 is 32.2. The molecule has 0 saturated heterocycles. The molecule has 0 radical (unpaired) electrons. The molecule has 1 atom stereocenters. The Balaban J connectivity index is 1.86. The highest BCUT2D eigenvalue weighted by Crippen LogP contribution is 2.14. The number of hydrogen-bond acceptors (Lipinski definition) is 4. The fourth-order valence-electron chi connectivity index (χ4n) is 2.65. The van der Waals surface area contributed by atoms with Crippen LogP contribution in [-0.4, -0.2) is 26.5 Å². The number of amides is 1. The highest BCUT2D eigenvalue weighted by molar-refractivity contribution is 7.88. The van der Waals surface area contributed by atoms with Gasteiger partial charge < -0.3 is 10.1 Å². The molecule has 1 unspecified atom stereocenters. The first kappa shape index (κ1) is 21.9. The lowest BCUT2D eigenvalue weighted by Crippen LogP contribution is -2.35. The fourth-order valence-corrected chi connectivity index (χ4v) is 4.09. The van der Waals surface area contributed by atoms with Gasteiger partial charge in [-0.05, 0) is 56.5 Å². The van der Waals surface area contributed by atoms with Gasteiger partial charge in [-0.15, -0.1) is 0 Å². The number of nitrogens with one attached hydrogen (secondary N) is 2. The molecule has 28 heavy (non-hydrogen) atoms. The van der Waals surface area contributed by atoms with Crippen molar-refractivity contribution in [1.29, 1.82) is 0 Å². The molecule has 0 aliphatic carbocycles. The molecule has 1 amide bonds. The van der Waals surface area contributed by atoms with Gasteiger partial charge in [0.05, 0.1) is 5.75 Å². The average Bonchev–Trinajstić information content (AvgIpc) is 2.59. The largest absolute Gasteiger partial charge is 0.481 e. The van der Waals surface area contributed by atoms with Crippen molar-refractivity contribution in [2.24, 2.45) is 0 Å². The Bertz CT molecular complexity index is 893. The van der Waals surface area contributed by atoms with E-state index in [4.69, 9.17) is 4.74 Å². The molecular weight excluding hydrogens is 376 g/mol. The highest BCUT2D eigenvalue weighted by atomic mass is 32.2. The number of ether oxygens (including phenoxy) is 1. The summed E-state index contributed by atoms with van der Waals surface area (Å²) in [5.74, 6) is 0.372. The Morgan fingerprint density at radius 2 is 1.68 bits per heavy atom. The maximum absolute atomic E-state index is 12.2. The van der Waals surface area contributed by atoms with E-state index in [2.05, 4.69) is 10.0 Å². The quantitative estimate of drug-likeness (QED) is 0.673. The maximum atomic E-state index is 12.2. The van der Waals surface area contributed by atoms with Gasteiger partial charge in [-0.25, -0.2) is 13.1 Å². The van der Waals surface area contributed by atoms with E-state index < -0.39 is 16.1 Å². The smallest absolute Gasteiger partial charge is 0.261 e. The lowest BCUT2D eigenvalue weighted by molar-refractivity contribution is -0.127. The molecule has 7 heteroatoms. The predicted octanol–water partition coefficient (Wildman–Crippen LogP) is 2.91. The van der Waals surface area contributed by atoms with Crippen LogP contribution in [-0.2, 0) is 27.1 Å². The first-order valence-corrected chi connectivity index (χ1v) is 10.9. The minimum atomic E-state index is -3.35. The zero-order valence-corrected chi connectivity index (χ0v) is 17.5. The van der Waals surface area contributed by atoms with Crippen LogP contribution in [0, 0.1) is 6.92 Å². The summed E-state index contributed by atoms with van der Waals surface area (Å²) in [6.45, 7) is 7.58. The topological polar surface area (TPSA) is 84.5 Å². The number of sulfonamides is 1. The number of benzene rings is 2. The molecule has 2 aromatic carbocycles. The van der Waals surface area contributed by atoms with E-state index in [1.165, 1.54) is 0 Å². The van der Waals surface area contributed by atoms with Crippen LogP contribution in [0.3, 0.4) is 0 Å². The lowest BCUT2D eigenvalue weighted by atomic mass is 10.1. The second-order valence-electron chi connectivity index (χ2n) is 7.14. The van der Waals surface area contributed by atoms with E-state index in [1.807, 2.05) is 43.3 Å². The van der Waals surface area contributed by atoms with Crippen LogP contribution in [0.15, 0.2) is 48.5 Å². The second-order valence-corrected chi connectivity index (χ2v) is 8.90. The van der Waals surface area contributed by atoms with E-state index in [0.717, 1.165) is 11.1 Å². The van der Waals surface area contributed by atoms with Gasteiger partial charge in [-0.3, -0.25) is 4.79 Å². The first-order chi connectivity index (χ1) is 13.1. The Labute approximate surface area is 167 Å². The van der Waals surface area contributed by atoms with Gasteiger partial charge in [0.2, 0.25) is 10.0 Å². The molecule has 2 aromatic rings. The molecular formula is C21H28N2O4S. The Morgan fingerprint density at radius 1 is 1.04 bits per heavy atom. The molecule has 0 aliphatic heterocycles. The van der Waals surface area contributed by atoms with Crippen LogP contribution >= 0.6 is 0 Å². The summed E-state index contributed by atoms with van der Waals surface area (Å²) in [6, 6.07) is 14.5. The van der Waals surface area contributed by atoms with Crippen LogP contribution in [0.25, 0.3) is 0 Å². The van der Waals surface area contributed by atoms with Crippen molar-refractivity contribution in [3.8, 4) is 5.75 Å². The molecule has 0 heterocycles. The second kappa shape index (κ2) is 9.71. The predicted molar refractivity (Wildman–Crippen MR) is 110 cm³/mol. The minimum Gasteiger partial charge on any atom is -0.481 e. The van der Waals surface area contributed by atoms with Gasteiger partial charge in [0.1, 0.15) is 5.75 Å². The monoisotopic (exact) mass is 404 g/mol. The molecule has 0 fully saturated rings. The Hall–Kier alpha value is -2.38. The molecule has 0 bridgehead atoms. The van der Waals surface area contributed by atoms with Crippen molar-refractivity contribution in [3.63, 3.8) is 0 Å². The van der Waals surface area contributed by atoms with Crippen molar-refractivity contribution < 1.29 is 17.9 Å². The summed E-state index contributed by atoms with van der Waals surface area (Å²) in [5.41, 5.74) is 2.64. The van der Waals surface area contributed by atoms with E-state index in [1.54, 1.807) is 32.9 Å². The van der Waals surface area contributed by atoms with Crippen molar-refractivity contribution in [1.82, 2.24) is 10.0 Å². The zero-order valence-electron chi connectivity index (χ0n) is 16.7. The van der Waals surface area contributed by atoms with E-state index in [9.17, 15) is 13.2 Å². The van der Waals surface area contributed by atoms with Gasteiger partial charge in [-0.2, -0.15) is 0 Å². The third-order valence-corrected chi connectivity index (χ3v) is 5.48. The fraction of sp³-hybridized carbons (Fsp3) is 0.381. The van der Waals surface area contributed by atoms with E-state index in [0.29, 0.717) is 17.9 Å². The number of rotatable bonds is 9. The molecule has 2 N–H and O–H groups in total. The minimum absolute atomic E-state index is 0.0703. The third kappa shape index (κ3) is 7.32. The molecule has 0 spiro atoms. The number of carbonyl (C=O) groups is 1. The van der Waals surface area contributed by atoms with Crippen LogP contribution in [0.4, 0.5) is 0 Å². The molecule has 152 valence electrons. The number of hydrogen-bond donors (Lipinski definition) is 2. The molecule has 2 rings (SSSR count). The first-order valence-electron chi connectivity index (χ1n) is 9.23. The Morgan fingerprint density at radius 3 is 2.29 bits per heavy atom. The number of aryl methyl sites for hydroxylation is 1. The van der Waals surface area contributed by atoms with E-state index in [-0.39, 0.29) is 17.7 Å². The molecule has 0 aliphatic rings. The average molecular weight is 405 g/mol. The van der Waals surface area contributed by atoms with Crippen LogP contribution in [0.1, 0.15) is 37.5 Å². The summed E-state index contributed by atoms with van der Waals surface area (Å²) in [5, 5.41) is 2.83. The number of carbonyl (C=O) groups excluding carboxylic acids is 1. The summed E-state index contributed by atoms with van der Waals surface area (Å²) in [7, 11) is -3.35. The van der Waals surface area contributed by atoms with Crippen molar-refractivity contribution in [2.45, 2.75) is 52.1 Å². The van der Waals surface area contributed by atoms with Gasteiger partial charge in [0.15, 0.2) is 6.10 Å². The van der Waals surface area contributed by atoms with E-state index >= 15 is 0 Å². The maximum Gasteiger partial charge on any atom is 0.261 e. The standard InChI is InChI=1S/C21H28N2O4S/c1-15(2)23-28(25,26)14-19-10-8-18(9-11-19)13-22-21(24)17(4)27-20-7-5-6-16(3)12-20/h5-12,15,17,23H,13-14H2,1-4H3,(H,22,24). The SMILES string of the molecule is Cc1cccc(OC(C)C(=O)NCc2ccc(CS(=O)(=O)NC(C)C)cc2)c1. The van der Waals surface area contributed by atoms with Crippen LogP contribution < -0.4 is 14.8 Å². The zero-order chi connectivity index (χ0) is 20.7. The van der Waals surface area contributed by atoms with Gasteiger partial charge >= 0.3 is 0 Å². The van der Waals surface area contributed by atoms with Crippen molar-refractivity contribution in [2.75, 3.05) is 0 Å². The van der Waals surface area contributed by atoms with Crippen molar-refractivity contribution in [3.05, 3.63) is 65.2 Å². The van der Waals surface area contributed by atoms with Gasteiger partial charge in [0.25, 0.3) is 5.91 Å².